The zero-order chi connectivity index (χ0) is 28.3. The molecule has 0 radical (unpaired) electrons. The second-order valence-corrected chi connectivity index (χ2v) is 10.1. The largest absolute Gasteiger partial charge is 0.481 e. The molecular weight excluding hydrogens is 510 g/mol. The Hall–Kier alpha value is -3.63. The van der Waals surface area contributed by atoms with Gasteiger partial charge in [-0.2, -0.15) is 0 Å². The standard InChI is InChI=1S/C31H37N3O6/c1-34(17-15-25-7-2-3-16-32-25)20-27-19-28(23-13-11-22(21-35)12-14-23)40-31(39-27)24-6-4-8-26(18-24)33-29(36)9-5-10-30(37)38/h2-4,6-8,11-14,16,18,27-28,31,35H,5,9-10,15,17,19-21H2,1H3,(H,33,36)(H,37,38). The van der Waals surface area contributed by atoms with Gasteiger partial charge < -0.3 is 29.9 Å². The molecule has 2 heterocycles. The molecule has 2 aromatic carbocycles. The maximum Gasteiger partial charge on any atom is 0.303 e. The monoisotopic (exact) mass is 547 g/mol. The Kier molecular flexibility index (Phi) is 10.8. The number of carboxylic acid groups (broad SMARTS) is 1. The molecule has 40 heavy (non-hydrogen) atoms. The molecule has 1 saturated heterocycles. The van der Waals surface area contributed by atoms with E-state index in [2.05, 4.69) is 22.2 Å². The van der Waals surface area contributed by atoms with Gasteiger partial charge in [0.2, 0.25) is 5.91 Å². The molecule has 212 valence electrons. The number of amides is 1. The van der Waals surface area contributed by atoms with E-state index in [0.29, 0.717) is 18.7 Å². The molecular formula is C31H37N3O6. The first kappa shape index (κ1) is 29.4. The fourth-order valence-electron chi connectivity index (χ4n) is 4.71. The zero-order valence-electron chi connectivity index (χ0n) is 22.7. The maximum atomic E-state index is 12.3. The summed E-state index contributed by atoms with van der Waals surface area (Å²) in [5.74, 6) is -1.16. The first-order chi connectivity index (χ1) is 19.4. The Morgan fingerprint density at radius 3 is 2.58 bits per heavy atom. The van der Waals surface area contributed by atoms with E-state index >= 15 is 0 Å². The summed E-state index contributed by atoms with van der Waals surface area (Å²) in [6.45, 7) is 1.52. The number of carbonyl (C=O) groups excluding carboxylic acids is 1. The summed E-state index contributed by atoms with van der Waals surface area (Å²) in [6.07, 6.45) is 2.71. The van der Waals surface area contributed by atoms with E-state index in [1.54, 1.807) is 12.3 Å². The van der Waals surface area contributed by atoms with Crippen molar-refractivity contribution >= 4 is 17.6 Å². The van der Waals surface area contributed by atoms with E-state index in [4.69, 9.17) is 14.6 Å². The second kappa shape index (κ2) is 14.7. The van der Waals surface area contributed by atoms with Gasteiger partial charge >= 0.3 is 5.97 Å². The smallest absolute Gasteiger partial charge is 0.303 e. The third-order valence-corrected chi connectivity index (χ3v) is 6.84. The fraction of sp³-hybridized carbons (Fsp3) is 0.387. The summed E-state index contributed by atoms with van der Waals surface area (Å²) in [6, 6.07) is 21.1. The molecule has 3 N–H and O–H groups in total. The van der Waals surface area contributed by atoms with Crippen LogP contribution in [0.15, 0.2) is 72.9 Å². The van der Waals surface area contributed by atoms with Crippen LogP contribution >= 0.6 is 0 Å². The van der Waals surface area contributed by atoms with Crippen LogP contribution in [0.25, 0.3) is 0 Å². The van der Waals surface area contributed by atoms with E-state index in [-0.39, 0.29) is 44.0 Å². The van der Waals surface area contributed by atoms with Crippen LogP contribution < -0.4 is 5.32 Å². The van der Waals surface area contributed by atoms with Crippen LogP contribution in [-0.2, 0) is 32.1 Å². The minimum atomic E-state index is -0.918. The van der Waals surface area contributed by atoms with Crippen LogP contribution in [-0.4, -0.2) is 58.2 Å². The molecule has 0 spiro atoms. The Bertz CT molecular complexity index is 1240. The Balaban J connectivity index is 1.45. The van der Waals surface area contributed by atoms with Crippen LogP contribution in [0.3, 0.4) is 0 Å². The van der Waals surface area contributed by atoms with Crippen molar-refractivity contribution in [2.45, 2.75) is 57.2 Å². The summed E-state index contributed by atoms with van der Waals surface area (Å²) in [5, 5.41) is 21.1. The maximum absolute atomic E-state index is 12.3. The molecule has 1 amide bonds. The lowest BCUT2D eigenvalue weighted by molar-refractivity contribution is -0.252. The molecule has 1 aliphatic rings. The van der Waals surface area contributed by atoms with Crippen LogP contribution in [0.4, 0.5) is 5.69 Å². The van der Waals surface area contributed by atoms with Crippen LogP contribution in [0, 0.1) is 0 Å². The summed E-state index contributed by atoms with van der Waals surface area (Å²) in [4.78, 5) is 29.7. The average Bonchev–Trinajstić information content (AvgIpc) is 2.96. The molecule has 4 rings (SSSR count). The van der Waals surface area contributed by atoms with Gasteiger partial charge in [0, 0.05) is 61.9 Å². The Labute approximate surface area is 234 Å². The molecule has 9 heteroatoms. The van der Waals surface area contributed by atoms with Crippen molar-refractivity contribution in [3.63, 3.8) is 0 Å². The van der Waals surface area contributed by atoms with Gasteiger partial charge in [0.15, 0.2) is 6.29 Å². The number of nitrogens with one attached hydrogen (secondary N) is 1. The average molecular weight is 548 g/mol. The van der Waals surface area contributed by atoms with Crippen molar-refractivity contribution in [3.8, 4) is 0 Å². The van der Waals surface area contributed by atoms with Crippen LogP contribution in [0.2, 0.25) is 0 Å². The highest BCUT2D eigenvalue weighted by atomic mass is 16.7. The van der Waals surface area contributed by atoms with E-state index in [9.17, 15) is 14.7 Å². The van der Waals surface area contributed by atoms with Gasteiger partial charge in [-0.05, 0) is 48.9 Å². The van der Waals surface area contributed by atoms with Crippen molar-refractivity contribution in [2.75, 3.05) is 25.5 Å². The normalized spacial score (nSPS) is 18.9. The molecule has 3 atom stereocenters. The minimum absolute atomic E-state index is 0.0178. The van der Waals surface area contributed by atoms with Gasteiger partial charge in [-0.15, -0.1) is 0 Å². The number of aliphatic hydroxyl groups excluding tert-OH is 1. The quantitative estimate of drug-likeness (QED) is 0.286. The lowest BCUT2D eigenvalue weighted by Gasteiger charge is -2.38. The van der Waals surface area contributed by atoms with Crippen LogP contribution in [0.1, 0.15) is 60.5 Å². The van der Waals surface area contributed by atoms with Crippen molar-refractivity contribution in [1.29, 1.82) is 0 Å². The number of carbonyl (C=O) groups is 2. The zero-order valence-corrected chi connectivity index (χ0v) is 22.7. The number of hydrogen-bond acceptors (Lipinski definition) is 7. The van der Waals surface area contributed by atoms with Crippen molar-refractivity contribution < 1.29 is 29.3 Å². The van der Waals surface area contributed by atoms with Crippen LogP contribution in [0.5, 0.6) is 0 Å². The van der Waals surface area contributed by atoms with Gasteiger partial charge in [-0.25, -0.2) is 0 Å². The fourth-order valence-corrected chi connectivity index (χ4v) is 4.71. The summed E-state index contributed by atoms with van der Waals surface area (Å²) in [5.41, 5.74) is 4.27. The number of carboxylic acids is 1. The van der Waals surface area contributed by atoms with Gasteiger partial charge in [0.05, 0.1) is 18.8 Å². The van der Waals surface area contributed by atoms with Gasteiger partial charge in [-0.3, -0.25) is 14.6 Å². The first-order valence-electron chi connectivity index (χ1n) is 13.6. The molecule has 0 saturated carbocycles. The number of ether oxygens (including phenoxy) is 2. The summed E-state index contributed by atoms with van der Waals surface area (Å²) in [7, 11) is 2.07. The Morgan fingerprint density at radius 1 is 1.02 bits per heavy atom. The SMILES string of the molecule is CN(CCc1ccccn1)CC1CC(c2ccc(CO)cc2)OC(c2cccc(NC(=O)CCCC(=O)O)c2)O1. The topological polar surface area (TPSA) is 121 Å². The predicted molar refractivity (Wildman–Crippen MR) is 150 cm³/mol. The highest BCUT2D eigenvalue weighted by Gasteiger charge is 2.33. The van der Waals surface area contributed by atoms with Gasteiger partial charge in [-0.1, -0.05) is 42.5 Å². The lowest BCUT2D eigenvalue weighted by Crippen LogP contribution is -2.38. The van der Waals surface area contributed by atoms with Crippen molar-refractivity contribution in [1.82, 2.24) is 9.88 Å². The highest BCUT2D eigenvalue weighted by molar-refractivity contribution is 5.90. The third kappa shape index (κ3) is 8.96. The number of rotatable bonds is 13. The van der Waals surface area contributed by atoms with Gasteiger partial charge in [0.1, 0.15) is 0 Å². The first-order valence-corrected chi connectivity index (χ1v) is 13.6. The van der Waals surface area contributed by atoms with E-state index < -0.39 is 12.3 Å². The molecule has 1 aliphatic heterocycles. The van der Waals surface area contributed by atoms with E-state index in [1.807, 2.05) is 60.7 Å². The van der Waals surface area contributed by atoms with E-state index in [0.717, 1.165) is 35.3 Å². The number of likely N-dealkylation sites (N-methyl/N-ethyl adjacent to an activating group) is 1. The number of benzene rings is 2. The number of pyridine rings is 1. The molecule has 3 aromatic rings. The molecule has 9 nitrogen and oxygen atoms in total. The number of anilines is 1. The summed E-state index contributed by atoms with van der Waals surface area (Å²) >= 11 is 0. The number of aliphatic hydroxyl groups is 1. The predicted octanol–water partition coefficient (Wildman–Crippen LogP) is 4.49. The molecule has 3 unspecified atom stereocenters. The Morgan fingerprint density at radius 2 is 1.85 bits per heavy atom. The number of aromatic nitrogens is 1. The number of aliphatic carboxylic acids is 1. The van der Waals surface area contributed by atoms with E-state index in [1.165, 1.54) is 0 Å². The molecule has 0 bridgehead atoms. The molecule has 0 aliphatic carbocycles. The molecule has 1 fully saturated rings. The summed E-state index contributed by atoms with van der Waals surface area (Å²) < 4.78 is 12.9. The molecule has 1 aromatic heterocycles. The minimum Gasteiger partial charge on any atom is -0.481 e. The second-order valence-electron chi connectivity index (χ2n) is 10.1. The number of hydrogen-bond donors (Lipinski definition) is 3. The third-order valence-electron chi connectivity index (χ3n) is 6.84. The van der Waals surface area contributed by atoms with Crippen molar-refractivity contribution in [3.05, 3.63) is 95.3 Å². The highest BCUT2D eigenvalue weighted by Crippen LogP contribution is 2.38. The van der Waals surface area contributed by atoms with Crippen molar-refractivity contribution in [2.24, 2.45) is 0 Å². The lowest BCUT2D eigenvalue weighted by atomic mass is 9.99. The number of nitrogens with zero attached hydrogens (tertiary/aromatic N) is 2. The van der Waals surface area contributed by atoms with Gasteiger partial charge in [0.25, 0.3) is 0 Å².